The predicted octanol–water partition coefficient (Wildman–Crippen LogP) is 6.26. The molecular weight excluding hydrogens is 594 g/mol. The van der Waals surface area contributed by atoms with Gasteiger partial charge in [0.15, 0.2) is 0 Å². The van der Waals surface area contributed by atoms with Crippen molar-refractivity contribution in [3.05, 3.63) is 83.9 Å². The maximum Gasteiger partial charge on any atom is 0.119 e. The van der Waals surface area contributed by atoms with E-state index in [0.29, 0.717) is 13.1 Å². The van der Waals surface area contributed by atoms with Crippen molar-refractivity contribution in [1.29, 1.82) is 0 Å². The third-order valence-electron chi connectivity index (χ3n) is 5.88. The van der Waals surface area contributed by atoms with Crippen molar-refractivity contribution < 1.29 is 9.84 Å². The fourth-order valence-corrected chi connectivity index (χ4v) is 3.27. The van der Waals surface area contributed by atoms with E-state index in [0.717, 1.165) is 40.9 Å². The Labute approximate surface area is 289 Å². The van der Waals surface area contributed by atoms with Crippen molar-refractivity contribution >= 4 is 16.7 Å². The molecule has 48 heavy (non-hydrogen) atoms. The molecule has 1 aromatic heterocycles. The van der Waals surface area contributed by atoms with Crippen LogP contribution in [0.3, 0.4) is 0 Å². The number of para-hydroxylation sites is 1. The zero-order valence-electron chi connectivity index (χ0n) is 29.2. The summed E-state index contributed by atoms with van der Waals surface area (Å²) in [4.78, 5) is 2.04. The number of ether oxygens (including phenoxy) is 1. The molecule has 0 unspecified atom stereocenters. The molecule has 0 aliphatic rings. The molecule has 4 aromatic rings. The van der Waals surface area contributed by atoms with Gasteiger partial charge in [0, 0.05) is 30.9 Å². The van der Waals surface area contributed by atoms with E-state index in [1.807, 2.05) is 98.8 Å². The van der Waals surface area contributed by atoms with E-state index < -0.39 is 5.60 Å². The first-order chi connectivity index (χ1) is 23.0. The highest BCUT2D eigenvalue weighted by atomic mass is 16.5. The highest BCUT2D eigenvalue weighted by Crippen LogP contribution is 2.13. The number of anilines is 1. The molecule has 1 heterocycles. The number of fused-ring (bicyclic) bond motifs is 1. The summed E-state index contributed by atoms with van der Waals surface area (Å²) < 4.78 is 7.24. The highest BCUT2D eigenvalue weighted by Gasteiger charge is 2.03. The van der Waals surface area contributed by atoms with E-state index in [9.17, 15) is 0 Å². The maximum absolute atomic E-state index is 8.59. The van der Waals surface area contributed by atoms with E-state index in [4.69, 9.17) is 42.0 Å². The van der Waals surface area contributed by atoms with Crippen LogP contribution in [0.5, 0.6) is 5.75 Å². The van der Waals surface area contributed by atoms with Gasteiger partial charge in [-0.25, -0.2) is 4.68 Å². The summed E-state index contributed by atoms with van der Waals surface area (Å²) in [6.07, 6.45) is 28.8. The molecule has 250 valence electrons. The Bertz CT molecular complexity index is 1650. The monoisotopic (exact) mass is 643 g/mol. The topological polar surface area (TPSA) is 75.4 Å². The quantitative estimate of drug-likeness (QED) is 0.174. The van der Waals surface area contributed by atoms with Gasteiger partial charge >= 0.3 is 0 Å². The smallest absolute Gasteiger partial charge is 0.119 e. The molecule has 0 amide bonds. The molecule has 7 heteroatoms. The Balaban J connectivity index is 0.000000603. The van der Waals surface area contributed by atoms with Gasteiger partial charge in [0.05, 0.1) is 18.7 Å². The molecule has 0 aliphatic carbocycles. The molecule has 4 rings (SSSR count). The summed E-state index contributed by atoms with van der Waals surface area (Å²) in [5.74, 6) is 13.1. The van der Waals surface area contributed by atoms with Gasteiger partial charge in [-0.3, -0.25) is 0 Å². The number of unbranched alkanes of at least 4 members (excludes halogenated alkanes) is 2. The van der Waals surface area contributed by atoms with Crippen molar-refractivity contribution in [2.75, 3.05) is 39.2 Å². The van der Waals surface area contributed by atoms with Crippen LogP contribution in [-0.4, -0.2) is 60.0 Å². The molecule has 0 atom stereocenters. The van der Waals surface area contributed by atoms with Gasteiger partial charge in [-0.15, -0.1) is 37.2 Å². The van der Waals surface area contributed by atoms with Crippen molar-refractivity contribution in [3.8, 4) is 67.5 Å². The molecular formula is C41H49N5O2. The van der Waals surface area contributed by atoms with Crippen LogP contribution in [0.25, 0.3) is 11.0 Å². The maximum atomic E-state index is 8.59. The fourth-order valence-electron chi connectivity index (χ4n) is 3.27. The molecule has 0 saturated heterocycles. The van der Waals surface area contributed by atoms with Crippen LogP contribution in [0.1, 0.15) is 51.2 Å². The number of terminal acetylenes is 5. The normalized spacial score (nSPS) is 9.21. The summed E-state index contributed by atoms with van der Waals surface area (Å²) >= 11 is 0. The molecule has 0 saturated carbocycles. The van der Waals surface area contributed by atoms with Gasteiger partial charge in [0.25, 0.3) is 0 Å². The molecule has 7 nitrogen and oxygen atoms in total. The van der Waals surface area contributed by atoms with Gasteiger partial charge in [0.1, 0.15) is 23.4 Å². The van der Waals surface area contributed by atoms with Crippen molar-refractivity contribution in [2.45, 2.75) is 52.2 Å². The second-order valence-electron chi connectivity index (χ2n) is 10.7. The minimum atomic E-state index is -0.931. The molecule has 2 N–H and O–H groups in total. The zero-order chi connectivity index (χ0) is 36.2. The Hall–Kier alpha value is -5.62. The van der Waals surface area contributed by atoms with Crippen LogP contribution < -0.4 is 15.0 Å². The van der Waals surface area contributed by atoms with E-state index in [1.54, 1.807) is 18.5 Å². The molecule has 0 spiro atoms. The van der Waals surface area contributed by atoms with Crippen LogP contribution in [0.4, 0.5) is 5.69 Å². The lowest BCUT2D eigenvalue weighted by molar-refractivity contribution is 0.144. The second kappa shape index (κ2) is 25.6. The molecule has 0 radical (unpaired) electrons. The number of nitrogens with zero attached hydrogens (tertiary/aromatic N) is 4. The standard InChI is InChI=1S/C13H16O.C10H11N.C9H7N3.C5H8O.C4H7N/c1-3-5-6-11-14-13-9-7-12(4-2)8-10-13;1-4-9-5-7-10(8-6-9)11(2)3;1-2-7-12-9-6-4-3-5-8(9)10-11-12;1-4-5(2,3)6;1-3-4-5-2/h2,7-10H,3,5-6,11H2,1H3;1,5-8H,2-3H3;1,3-6H,7H2;1,6H,2-3H3;1,5H,4H2,2H3. The van der Waals surface area contributed by atoms with E-state index >= 15 is 0 Å². The first-order valence-corrected chi connectivity index (χ1v) is 15.4. The zero-order valence-corrected chi connectivity index (χ0v) is 29.2. The number of rotatable bonds is 8. The first kappa shape index (κ1) is 42.4. The number of nitrogens with one attached hydrogen (secondary N) is 1. The third-order valence-corrected chi connectivity index (χ3v) is 5.88. The molecule has 0 bridgehead atoms. The summed E-state index contributed by atoms with van der Waals surface area (Å²) in [5, 5.41) is 19.2. The van der Waals surface area contributed by atoms with E-state index in [1.165, 1.54) is 18.5 Å². The average molecular weight is 644 g/mol. The Morgan fingerprint density at radius 3 is 1.85 bits per heavy atom. The van der Waals surface area contributed by atoms with Crippen molar-refractivity contribution in [3.63, 3.8) is 0 Å². The first-order valence-electron chi connectivity index (χ1n) is 15.4. The Morgan fingerprint density at radius 1 is 0.854 bits per heavy atom. The second-order valence-corrected chi connectivity index (χ2v) is 10.7. The molecule has 3 aromatic carbocycles. The largest absolute Gasteiger partial charge is 0.494 e. The number of benzene rings is 3. The molecule has 0 fully saturated rings. The Morgan fingerprint density at radius 2 is 1.42 bits per heavy atom. The number of hydrogen-bond donors (Lipinski definition) is 2. The summed E-state index contributed by atoms with van der Waals surface area (Å²) in [5.41, 5.74) is 3.92. The molecule has 0 aliphatic heterocycles. The summed E-state index contributed by atoms with van der Waals surface area (Å²) in [6, 6.07) is 23.3. The lowest BCUT2D eigenvalue weighted by Crippen LogP contribution is -2.13. The van der Waals surface area contributed by atoms with Crippen molar-refractivity contribution in [1.82, 2.24) is 20.3 Å². The van der Waals surface area contributed by atoms with E-state index in [2.05, 4.69) is 52.2 Å². The summed E-state index contributed by atoms with van der Waals surface area (Å²) in [7, 11) is 5.83. The SMILES string of the molecule is C#CC(C)(C)O.C#CCNC.C#CCn1nnc2ccccc21.C#Cc1ccc(N(C)C)cc1.C#Cc1ccc(OCCCCC)cc1. The van der Waals surface area contributed by atoms with Gasteiger partial charge in [-0.1, -0.05) is 66.7 Å². The van der Waals surface area contributed by atoms with Gasteiger partial charge in [-0.2, -0.15) is 0 Å². The average Bonchev–Trinajstić information content (AvgIpc) is 3.51. The highest BCUT2D eigenvalue weighted by molar-refractivity contribution is 5.73. The minimum Gasteiger partial charge on any atom is -0.494 e. The van der Waals surface area contributed by atoms with Crippen LogP contribution in [0, 0.1) is 61.7 Å². The van der Waals surface area contributed by atoms with Crippen LogP contribution in [0.2, 0.25) is 0 Å². The number of aromatic nitrogens is 3. The van der Waals surface area contributed by atoms with Crippen LogP contribution in [-0.2, 0) is 6.54 Å². The van der Waals surface area contributed by atoms with Crippen LogP contribution in [0.15, 0.2) is 72.8 Å². The predicted molar refractivity (Wildman–Crippen MR) is 202 cm³/mol. The van der Waals surface area contributed by atoms with Crippen LogP contribution >= 0.6 is 0 Å². The lowest BCUT2D eigenvalue weighted by atomic mass is 10.2. The number of aliphatic hydroxyl groups is 1. The summed E-state index contributed by atoms with van der Waals surface area (Å²) in [6.45, 7) is 7.24. The Kier molecular flexibility index (Phi) is 22.6. The van der Waals surface area contributed by atoms with Gasteiger partial charge < -0.3 is 20.1 Å². The minimum absolute atomic E-state index is 0.473. The fraction of sp³-hybridized carbons (Fsp3) is 0.317. The lowest BCUT2D eigenvalue weighted by Gasteiger charge is -2.11. The number of hydrogen-bond acceptors (Lipinski definition) is 6. The van der Waals surface area contributed by atoms with E-state index in [-0.39, 0.29) is 0 Å². The van der Waals surface area contributed by atoms with Gasteiger partial charge in [0.2, 0.25) is 0 Å². The van der Waals surface area contributed by atoms with Crippen molar-refractivity contribution in [2.24, 2.45) is 0 Å². The third kappa shape index (κ3) is 19.7. The van der Waals surface area contributed by atoms with Gasteiger partial charge in [-0.05, 0) is 88.0 Å².